The minimum Gasteiger partial charge on any atom is -0.228 e. The van der Waals surface area contributed by atoms with Crippen LogP contribution in [-0.2, 0) is 0 Å². The molecule has 29 heavy (non-hydrogen) atoms. The molecule has 0 unspecified atom stereocenters. The molecule has 0 atom stereocenters. The first-order chi connectivity index (χ1) is 14.2. The van der Waals surface area contributed by atoms with Gasteiger partial charge in [-0.05, 0) is 22.3 Å². The predicted octanol–water partition coefficient (Wildman–Crippen LogP) is 7.24. The number of aromatic nitrogens is 2. The van der Waals surface area contributed by atoms with E-state index in [2.05, 4.69) is 86.6 Å². The van der Waals surface area contributed by atoms with Gasteiger partial charge in [-0.2, -0.15) is 0 Å². The molecule has 0 amide bonds. The van der Waals surface area contributed by atoms with Gasteiger partial charge < -0.3 is 0 Å². The van der Waals surface area contributed by atoms with E-state index in [1.54, 1.807) is 0 Å². The molecule has 0 saturated heterocycles. The minimum absolute atomic E-state index is 0.387. The summed E-state index contributed by atoms with van der Waals surface area (Å²) in [6.45, 7) is 4.44. The van der Waals surface area contributed by atoms with Gasteiger partial charge in [0.2, 0.25) is 0 Å². The topological polar surface area (TPSA) is 25.8 Å². The number of fused-ring (bicyclic) bond motifs is 2. The summed E-state index contributed by atoms with van der Waals surface area (Å²) in [4.78, 5) is 10.1. The molecular formula is C27H22N2. The van der Waals surface area contributed by atoms with E-state index in [0.717, 1.165) is 33.5 Å². The van der Waals surface area contributed by atoms with Crippen LogP contribution in [0.15, 0.2) is 91.0 Å². The normalized spacial score (nSPS) is 11.4. The van der Waals surface area contributed by atoms with Gasteiger partial charge in [0.25, 0.3) is 0 Å². The fourth-order valence-electron chi connectivity index (χ4n) is 3.99. The zero-order valence-corrected chi connectivity index (χ0v) is 16.6. The maximum absolute atomic E-state index is 5.08. The molecule has 0 bridgehead atoms. The molecule has 5 rings (SSSR count). The highest BCUT2D eigenvalue weighted by molar-refractivity contribution is 6.04. The van der Waals surface area contributed by atoms with Crippen LogP contribution in [-0.4, -0.2) is 9.97 Å². The number of benzene rings is 4. The summed E-state index contributed by atoms with van der Waals surface area (Å²) in [5.74, 6) is 1.16. The van der Waals surface area contributed by atoms with E-state index in [1.807, 2.05) is 18.2 Å². The van der Waals surface area contributed by atoms with Crippen LogP contribution in [0.1, 0.15) is 25.3 Å². The smallest absolute Gasteiger partial charge is 0.160 e. The van der Waals surface area contributed by atoms with Crippen molar-refractivity contribution in [3.8, 4) is 22.6 Å². The van der Waals surface area contributed by atoms with E-state index in [-0.39, 0.29) is 0 Å². The molecule has 0 N–H and O–H groups in total. The van der Waals surface area contributed by atoms with E-state index in [4.69, 9.17) is 9.97 Å². The third kappa shape index (κ3) is 3.07. The summed E-state index contributed by atoms with van der Waals surface area (Å²) in [6, 6.07) is 31.6. The van der Waals surface area contributed by atoms with Crippen molar-refractivity contribution in [1.29, 1.82) is 0 Å². The van der Waals surface area contributed by atoms with Gasteiger partial charge in [-0.1, -0.05) is 105 Å². The summed E-state index contributed by atoms with van der Waals surface area (Å²) >= 11 is 0. The van der Waals surface area contributed by atoms with Crippen LogP contribution >= 0.6 is 0 Å². The average Bonchev–Trinajstić information content (AvgIpc) is 2.78. The highest BCUT2D eigenvalue weighted by Crippen LogP contribution is 2.36. The maximum Gasteiger partial charge on any atom is 0.160 e. The second kappa shape index (κ2) is 7.14. The van der Waals surface area contributed by atoms with E-state index < -0.39 is 0 Å². The maximum atomic E-state index is 5.08. The first-order valence-electron chi connectivity index (χ1n) is 10.1. The number of nitrogens with zero attached hydrogens (tertiary/aromatic N) is 2. The molecule has 0 spiro atoms. The Morgan fingerprint density at radius 1 is 0.621 bits per heavy atom. The molecular weight excluding hydrogens is 352 g/mol. The van der Waals surface area contributed by atoms with E-state index >= 15 is 0 Å². The lowest BCUT2D eigenvalue weighted by molar-refractivity contribution is 0.872. The molecule has 0 aliphatic carbocycles. The van der Waals surface area contributed by atoms with Crippen molar-refractivity contribution in [2.75, 3.05) is 0 Å². The van der Waals surface area contributed by atoms with Crippen LogP contribution in [0.25, 0.3) is 44.3 Å². The summed E-state index contributed by atoms with van der Waals surface area (Å²) in [5.41, 5.74) is 5.47. The van der Waals surface area contributed by atoms with E-state index in [0.29, 0.717) is 5.92 Å². The van der Waals surface area contributed by atoms with E-state index in [1.165, 1.54) is 16.3 Å². The summed E-state index contributed by atoms with van der Waals surface area (Å²) in [5, 5.41) is 3.54. The third-order valence-electron chi connectivity index (χ3n) is 5.46. The van der Waals surface area contributed by atoms with Crippen molar-refractivity contribution in [3.05, 3.63) is 96.6 Å². The number of rotatable bonds is 3. The van der Waals surface area contributed by atoms with Gasteiger partial charge in [-0.25, -0.2) is 9.97 Å². The molecule has 1 aromatic heterocycles. The largest absolute Gasteiger partial charge is 0.228 e. The number of para-hydroxylation sites is 1. The Hall–Kier alpha value is -3.52. The van der Waals surface area contributed by atoms with Crippen molar-refractivity contribution in [2.45, 2.75) is 19.8 Å². The van der Waals surface area contributed by atoms with Crippen molar-refractivity contribution >= 4 is 21.7 Å². The first kappa shape index (κ1) is 17.6. The fraction of sp³-hybridized carbons (Fsp3) is 0.111. The predicted molar refractivity (Wildman–Crippen MR) is 122 cm³/mol. The molecule has 0 fully saturated rings. The summed E-state index contributed by atoms with van der Waals surface area (Å²) < 4.78 is 0. The van der Waals surface area contributed by atoms with Crippen molar-refractivity contribution in [2.24, 2.45) is 0 Å². The lowest BCUT2D eigenvalue weighted by Crippen LogP contribution is -1.99. The first-order valence-corrected chi connectivity index (χ1v) is 10.1. The fourth-order valence-corrected chi connectivity index (χ4v) is 3.99. The molecule has 2 heteroatoms. The Balaban J connectivity index is 1.90. The van der Waals surface area contributed by atoms with Gasteiger partial charge in [0.15, 0.2) is 5.82 Å². The van der Waals surface area contributed by atoms with Crippen LogP contribution in [0.5, 0.6) is 0 Å². The highest BCUT2D eigenvalue weighted by atomic mass is 14.9. The van der Waals surface area contributed by atoms with Gasteiger partial charge in [0.05, 0.1) is 11.2 Å². The summed E-state index contributed by atoms with van der Waals surface area (Å²) in [6.07, 6.45) is 0. The van der Waals surface area contributed by atoms with Crippen LogP contribution < -0.4 is 0 Å². The molecule has 4 aromatic carbocycles. The Morgan fingerprint density at radius 3 is 2.14 bits per heavy atom. The molecule has 0 saturated carbocycles. The van der Waals surface area contributed by atoms with Gasteiger partial charge in [-0.15, -0.1) is 0 Å². The van der Waals surface area contributed by atoms with Crippen molar-refractivity contribution < 1.29 is 0 Å². The lowest BCUT2D eigenvalue weighted by Gasteiger charge is -2.15. The SMILES string of the molecule is CC(C)c1cccc2c(-c3cccc4ccccc34)nc(-c3ccccc3)nc12. The minimum atomic E-state index is 0.387. The van der Waals surface area contributed by atoms with Crippen molar-refractivity contribution in [1.82, 2.24) is 9.97 Å². The third-order valence-corrected chi connectivity index (χ3v) is 5.46. The highest BCUT2D eigenvalue weighted by Gasteiger charge is 2.16. The second-order valence-corrected chi connectivity index (χ2v) is 7.69. The average molecular weight is 374 g/mol. The number of hydrogen-bond acceptors (Lipinski definition) is 2. The Labute approximate surface area is 170 Å². The monoisotopic (exact) mass is 374 g/mol. The molecule has 0 aliphatic heterocycles. The Kier molecular flexibility index (Phi) is 4.33. The Bertz CT molecular complexity index is 1320. The molecule has 0 radical (unpaired) electrons. The van der Waals surface area contributed by atoms with Gasteiger partial charge in [-0.3, -0.25) is 0 Å². The van der Waals surface area contributed by atoms with E-state index in [9.17, 15) is 0 Å². The molecule has 140 valence electrons. The quantitative estimate of drug-likeness (QED) is 0.332. The van der Waals surface area contributed by atoms with Crippen LogP contribution in [0.2, 0.25) is 0 Å². The van der Waals surface area contributed by atoms with Crippen LogP contribution in [0, 0.1) is 0 Å². The van der Waals surface area contributed by atoms with Gasteiger partial charge in [0, 0.05) is 16.5 Å². The van der Waals surface area contributed by atoms with Crippen LogP contribution in [0.4, 0.5) is 0 Å². The van der Waals surface area contributed by atoms with Gasteiger partial charge in [0.1, 0.15) is 0 Å². The molecule has 2 nitrogen and oxygen atoms in total. The molecule has 0 aliphatic rings. The molecule has 5 aromatic rings. The summed E-state index contributed by atoms with van der Waals surface area (Å²) in [7, 11) is 0. The zero-order valence-electron chi connectivity index (χ0n) is 16.6. The van der Waals surface area contributed by atoms with Crippen LogP contribution in [0.3, 0.4) is 0 Å². The zero-order chi connectivity index (χ0) is 19.8. The second-order valence-electron chi connectivity index (χ2n) is 7.69. The molecule has 1 heterocycles. The van der Waals surface area contributed by atoms with Crippen molar-refractivity contribution in [3.63, 3.8) is 0 Å². The van der Waals surface area contributed by atoms with Gasteiger partial charge >= 0.3 is 0 Å². The standard InChI is InChI=1S/C27H22N2/c1-18(2)21-15-9-17-24-25(21)28-27(20-11-4-3-5-12-20)29-26(24)23-16-8-13-19-10-6-7-14-22(19)23/h3-18H,1-2H3. The Morgan fingerprint density at radius 2 is 1.31 bits per heavy atom. The number of hydrogen-bond donors (Lipinski definition) is 0. The lowest BCUT2D eigenvalue weighted by atomic mass is 9.95.